The van der Waals surface area contributed by atoms with Gasteiger partial charge in [-0.05, 0) is 42.0 Å². The van der Waals surface area contributed by atoms with Gasteiger partial charge in [0.15, 0.2) is 0 Å². The summed E-state index contributed by atoms with van der Waals surface area (Å²) in [6.07, 6.45) is 0. The third-order valence-electron chi connectivity index (χ3n) is 8.53. The van der Waals surface area contributed by atoms with Crippen LogP contribution in [0.3, 0.4) is 0 Å². The van der Waals surface area contributed by atoms with Crippen LogP contribution in [0.25, 0.3) is 26.3 Å². The standard InChI is InChI=1S/C39H36F2N4O4S.ClH/c1-24(2)36(46)42-27-18-16-26(17-19-27)35-31(22-43(3)21-25-10-6-5-7-11-25)34-37(47)45(28-12-8-13-29(20-28)49-4)39(48)44(38(34)50-35)23-30-32(40)14-9-15-33(30)41;/h5-20,24H,21-23H2,1-4H3,(H,42,46);1H. The van der Waals surface area contributed by atoms with E-state index in [0.717, 1.165) is 37.6 Å². The lowest BCUT2D eigenvalue weighted by Gasteiger charge is -2.16. The molecule has 51 heavy (non-hydrogen) atoms. The van der Waals surface area contributed by atoms with E-state index >= 15 is 8.78 Å². The van der Waals surface area contributed by atoms with E-state index in [9.17, 15) is 14.4 Å². The monoisotopic (exact) mass is 730 g/mol. The first-order valence-electron chi connectivity index (χ1n) is 16.2. The highest BCUT2D eigenvalue weighted by molar-refractivity contribution is 7.22. The number of nitrogens with one attached hydrogen (secondary N) is 2. The van der Waals surface area contributed by atoms with E-state index in [1.807, 2.05) is 63.4 Å². The normalized spacial score (nSPS) is 11.7. The molecule has 0 bridgehead atoms. The van der Waals surface area contributed by atoms with Crippen molar-refractivity contribution in [3.8, 4) is 21.9 Å². The quantitative estimate of drug-likeness (QED) is 0.215. The number of rotatable bonds is 11. The molecule has 6 aromatic rings. The summed E-state index contributed by atoms with van der Waals surface area (Å²) in [6, 6.07) is 27.4. The molecule has 2 heterocycles. The fourth-order valence-corrected chi connectivity index (χ4v) is 7.24. The lowest BCUT2D eigenvalue weighted by atomic mass is 10.1. The minimum absolute atomic E-state index is 0. The maximum Gasteiger partial charge on any atom is 0.337 e. The number of hydrogen-bond donors (Lipinski definition) is 2. The van der Waals surface area contributed by atoms with Crippen molar-refractivity contribution in [2.45, 2.75) is 33.5 Å². The number of halogens is 3. The molecule has 1 amide bonds. The van der Waals surface area contributed by atoms with Gasteiger partial charge >= 0.3 is 5.69 Å². The molecule has 0 saturated carbocycles. The van der Waals surface area contributed by atoms with Crippen LogP contribution in [-0.4, -0.2) is 29.2 Å². The predicted octanol–water partition coefficient (Wildman–Crippen LogP) is 3.03. The molecule has 2 aromatic heterocycles. The summed E-state index contributed by atoms with van der Waals surface area (Å²) in [6.45, 7) is 4.24. The summed E-state index contributed by atoms with van der Waals surface area (Å²) in [5, 5.41) is 3.19. The number of anilines is 1. The largest absolute Gasteiger partial charge is 1.00 e. The van der Waals surface area contributed by atoms with Crippen molar-refractivity contribution >= 4 is 33.1 Å². The minimum Gasteiger partial charge on any atom is -1.00 e. The number of aromatic nitrogens is 2. The first-order valence-corrected chi connectivity index (χ1v) is 17.0. The Morgan fingerprint density at radius 2 is 1.55 bits per heavy atom. The summed E-state index contributed by atoms with van der Waals surface area (Å²) in [5.74, 6) is -1.48. The molecule has 4 aromatic carbocycles. The summed E-state index contributed by atoms with van der Waals surface area (Å²) in [4.78, 5) is 43.5. The zero-order valence-corrected chi connectivity index (χ0v) is 30.1. The number of ether oxygens (including phenoxy) is 1. The van der Waals surface area contributed by atoms with Crippen LogP contribution < -0.4 is 38.6 Å². The van der Waals surface area contributed by atoms with Crippen LogP contribution in [0.15, 0.2) is 107 Å². The molecule has 0 radical (unpaired) electrons. The van der Waals surface area contributed by atoms with E-state index in [4.69, 9.17) is 4.74 Å². The van der Waals surface area contributed by atoms with E-state index in [2.05, 4.69) is 5.32 Å². The highest BCUT2D eigenvalue weighted by Gasteiger charge is 2.27. The van der Waals surface area contributed by atoms with Gasteiger partial charge in [-0.1, -0.05) is 68.4 Å². The lowest BCUT2D eigenvalue weighted by molar-refractivity contribution is -0.907. The maximum atomic E-state index is 15.1. The number of thiophene rings is 1. The van der Waals surface area contributed by atoms with Crippen LogP contribution in [0.2, 0.25) is 0 Å². The second kappa shape index (κ2) is 15.8. The second-order valence-corrected chi connectivity index (χ2v) is 13.5. The number of fused-ring (bicyclic) bond motifs is 1. The number of carbonyl (C=O) groups excluding carboxylic acids is 1. The highest BCUT2D eigenvalue weighted by atomic mass is 35.5. The van der Waals surface area contributed by atoms with Crippen molar-refractivity contribution in [2.75, 3.05) is 19.5 Å². The van der Waals surface area contributed by atoms with Gasteiger partial charge in [0.1, 0.15) is 35.3 Å². The third kappa shape index (κ3) is 7.80. The van der Waals surface area contributed by atoms with E-state index in [1.54, 1.807) is 36.4 Å². The highest BCUT2D eigenvalue weighted by Crippen LogP contribution is 2.38. The molecule has 12 heteroatoms. The SMILES string of the molecule is COc1cccc(-n2c(=O)c3c(C[NH+](C)Cc4ccccc4)c(-c4ccc(NC(=O)C(C)C)cc4)sc3n(Cc3c(F)cccc3F)c2=O)c1.[Cl-]. The fourth-order valence-electron chi connectivity index (χ4n) is 5.93. The first-order chi connectivity index (χ1) is 24.0. The van der Waals surface area contributed by atoms with E-state index in [1.165, 1.54) is 29.1 Å². The molecule has 0 aliphatic carbocycles. The zero-order valence-electron chi connectivity index (χ0n) is 28.5. The van der Waals surface area contributed by atoms with Crippen LogP contribution in [0, 0.1) is 17.6 Å². The van der Waals surface area contributed by atoms with Gasteiger partial charge in [0.2, 0.25) is 5.91 Å². The smallest absolute Gasteiger partial charge is 0.337 e. The Kier molecular flexibility index (Phi) is 11.5. The van der Waals surface area contributed by atoms with Crippen LogP contribution in [0.4, 0.5) is 14.5 Å². The number of amides is 1. The molecule has 2 N–H and O–H groups in total. The number of methoxy groups -OCH3 is 1. The Hall–Kier alpha value is -5.10. The van der Waals surface area contributed by atoms with Gasteiger partial charge < -0.3 is 27.4 Å². The minimum atomic E-state index is -0.799. The van der Waals surface area contributed by atoms with E-state index < -0.39 is 29.4 Å². The summed E-state index contributed by atoms with van der Waals surface area (Å²) >= 11 is 1.23. The second-order valence-electron chi connectivity index (χ2n) is 12.5. The van der Waals surface area contributed by atoms with Crippen molar-refractivity contribution in [3.05, 3.63) is 146 Å². The average molecular weight is 731 g/mol. The Morgan fingerprint density at radius 1 is 0.882 bits per heavy atom. The molecule has 1 unspecified atom stereocenters. The number of hydrogen-bond acceptors (Lipinski definition) is 5. The van der Waals surface area contributed by atoms with Crippen molar-refractivity contribution in [3.63, 3.8) is 0 Å². The molecule has 6 rings (SSSR count). The van der Waals surface area contributed by atoms with Crippen LogP contribution in [0.1, 0.15) is 30.5 Å². The molecule has 0 fully saturated rings. The summed E-state index contributed by atoms with van der Waals surface area (Å²) in [5.41, 5.74) is 1.87. The Morgan fingerprint density at radius 3 is 2.20 bits per heavy atom. The average Bonchev–Trinajstić information content (AvgIpc) is 3.47. The van der Waals surface area contributed by atoms with E-state index in [0.29, 0.717) is 34.9 Å². The third-order valence-corrected chi connectivity index (χ3v) is 9.83. The van der Waals surface area contributed by atoms with Crippen LogP contribution in [-0.2, 0) is 24.4 Å². The van der Waals surface area contributed by atoms with Crippen LogP contribution >= 0.6 is 11.3 Å². The number of benzene rings is 4. The summed E-state index contributed by atoms with van der Waals surface area (Å²) < 4.78 is 37.9. The molecular formula is C39H37ClF2N4O4S. The van der Waals surface area contributed by atoms with Gasteiger partial charge in [0.25, 0.3) is 5.56 Å². The molecular weight excluding hydrogens is 694 g/mol. The molecule has 0 spiro atoms. The van der Waals surface area contributed by atoms with Crippen molar-refractivity contribution in [1.29, 1.82) is 0 Å². The zero-order chi connectivity index (χ0) is 35.5. The van der Waals surface area contributed by atoms with Gasteiger partial charge in [-0.15, -0.1) is 11.3 Å². The first kappa shape index (κ1) is 37.2. The lowest BCUT2D eigenvalue weighted by Crippen LogP contribution is -3.06. The van der Waals surface area contributed by atoms with Gasteiger partial charge in [0, 0.05) is 39.2 Å². The Labute approximate surface area is 304 Å². The van der Waals surface area contributed by atoms with Gasteiger partial charge in [-0.2, -0.15) is 0 Å². The van der Waals surface area contributed by atoms with Crippen molar-refractivity contribution in [2.24, 2.45) is 5.92 Å². The number of carbonyl (C=O) groups is 1. The molecule has 264 valence electrons. The van der Waals surface area contributed by atoms with E-state index in [-0.39, 0.29) is 40.9 Å². The Balaban J connectivity index is 0.00000504. The molecule has 8 nitrogen and oxygen atoms in total. The van der Waals surface area contributed by atoms with Gasteiger partial charge in [-0.3, -0.25) is 14.2 Å². The maximum absolute atomic E-state index is 15.1. The molecule has 1 atom stereocenters. The number of nitrogens with zero attached hydrogens (tertiary/aromatic N) is 2. The fraction of sp³-hybridized carbons (Fsp3) is 0.205. The van der Waals surface area contributed by atoms with Gasteiger partial charge in [-0.25, -0.2) is 18.1 Å². The number of quaternary nitrogens is 1. The topological polar surface area (TPSA) is 86.8 Å². The molecule has 0 aliphatic rings. The molecule has 0 saturated heterocycles. The van der Waals surface area contributed by atoms with Crippen LogP contribution in [0.5, 0.6) is 5.75 Å². The predicted molar refractivity (Wildman–Crippen MR) is 193 cm³/mol. The summed E-state index contributed by atoms with van der Waals surface area (Å²) in [7, 11) is 3.51. The Bertz CT molecular complexity index is 2280. The molecule has 0 aliphatic heterocycles. The van der Waals surface area contributed by atoms with Gasteiger partial charge in [0.05, 0.1) is 31.8 Å². The van der Waals surface area contributed by atoms with Crippen molar-refractivity contribution < 1.29 is 35.6 Å². The van der Waals surface area contributed by atoms with Crippen molar-refractivity contribution in [1.82, 2.24) is 9.13 Å².